The minimum Gasteiger partial charge on any atom is -0.502 e. The number of allylic oxidation sites excluding steroid dienone is 2. The van der Waals surface area contributed by atoms with Crippen LogP contribution in [0.25, 0.3) is 45.3 Å². The molecule has 6 fully saturated rings. The lowest BCUT2D eigenvalue weighted by Gasteiger charge is -2.71. The van der Waals surface area contributed by atoms with Gasteiger partial charge in [-0.1, -0.05) is 81.4 Å². The van der Waals surface area contributed by atoms with E-state index in [9.17, 15) is 79.5 Å². The van der Waals surface area contributed by atoms with E-state index >= 15 is 0 Å². The second kappa shape index (κ2) is 33.6. The van der Waals surface area contributed by atoms with Crippen LogP contribution < -0.4 is 65.1 Å². The summed E-state index contributed by atoms with van der Waals surface area (Å²) in [6.45, 7) is 30.5. The average Bonchev–Trinajstić information content (AvgIpc) is 0.675. The summed E-state index contributed by atoms with van der Waals surface area (Å²) in [7, 11) is 7.55. The summed E-state index contributed by atoms with van der Waals surface area (Å²) in [5, 5.41) is 106. The number of benzene rings is 4. The normalized spacial score (nSPS) is 35.4. The Morgan fingerprint density at radius 3 is 1.11 bits per heavy atom. The highest BCUT2D eigenvalue weighted by atomic mass is 16.6. The van der Waals surface area contributed by atoms with Gasteiger partial charge in [0.2, 0.25) is 5.75 Å². The van der Waals surface area contributed by atoms with E-state index in [1.54, 1.807) is 128 Å². The van der Waals surface area contributed by atoms with Gasteiger partial charge in [0.1, 0.15) is 102 Å². The summed E-state index contributed by atoms with van der Waals surface area (Å²) in [5.41, 5.74) is -21.1. The topological polar surface area (TPSA) is 446 Å². The number of fused-ring (bicyclic) bond motifs is 16. The number of hydrogen-bond acceptors (Lipinski definition) is 30. The van der Waals surface area contributed by atoms with Crippen LogP contribution in [0.2, 0.25) is 0 Å². The van der Waals surface area contributed by atoms with Gasteiger partial charge < -0.3 is 111 Å². The number of aliphatic hydroxyl groups is 8. The van der Waals surface area contributed by atoms with E-state index < -0.39 is 139 Å². The predicted octanol–water partition coefficient (Wildman–Crippen LogP) is 14.8. The van der Waals surface area contributed by atoms with Gasteiger partial charge in [-0.05, 0) is 222 Å². The molecular weight excluding hydrogens is 1810 g/mol. The number of aliphatic hydroxyl groups excluding tert-OH is 1. The zero-order chi connectivity index (χ0) is 103. The standard InChI is InChI=1S/C29H36O8.C28H32O9.C27H30O7.C27H34O6/c1-25(2)19(16-35-17-30)10-11-26(3)28(25,32)13-12-27(4)29(26,33)15-21-23(37-27)14-22(36-24(21)31)18-6-8-20(34-5)9-7-18;1-24(2)8-7-21(29)26(4)27(24,32)10-9-25(3)28(26,33)14-16-18(37-25)13-17(36-23(16)31)15-11-19(34-5)22(30)20(12-15)35-6;1-23(2)11-10-21(28)25(4)26(23,30)13-12-24(3)27(25,31)15-18-20(34-24)14-19(33-22(18)29)16-6-8-17(32-5)9-7-16;1-24(2)22(28)10-11-25(3)21-14-18-20(33-26(21,4)12-13-27(24,25)30)15-19(32-23(18)29)16-6-8-17(31-5)9-7-16/h6-9,14,17,19,32-33H,10-13,15-16H2,1-5H3;7-8,11-13,30,32-33H,9-10,14H2,1-6H3;6-11,14,30-31H,12-13,15H2,1-5H3;6-9,15,21-22,28,30H,10-14H2,1-5H3/t19-,26-,27+,28+,29-;25-,26+,27-,28-;24-,25+,26-,27-;21-,22+,25-,26-,27-/m0111/s1. The van der Waals surface area contributed by atoms with Crippen molar-refractivity contribution in [2.45, 2.75) is 281 Å². The zero-order valence-corrected chi connectivity index (χ0v) is 84.1. The Hall–Kier alpha value is -11.4. The molecule has 4 aromatic heterocycles. The second-order valence-corrected chi connectivity index (χ2v) is 45.1. The number of methoxy groups -OCH3 is 5. The number of ketones is 2. The summed E-state index contributed by atoms with van der Waals surface area (Å²) in [6, 6.07) is 31.4. The summed E-state index contributed by atoms with van der Waals surface area (Å²) >= 11 is 0. The fraction of sp³-hybridized carbons (Fsp3) is 0.541. The molecule has 30 heteroatoms. The third-order valence-corrected chi connectivity index (χ3v) is 37.8. The van der Waals surface area contributed by atoms with Crippen molar-refractivity contribution in [2.75, 3.05) is 42.2 Å². The smallest absolute Gasteiger partial charge is 0.343 e. The maximum absolute atomic E-state index is 13.4. The van der Waals surface area contributed by atoms with Crippen LogP contribution in [0.15, 0.2) is 170 Å². The van der Waals surface area contributed by atoms with E-state index in [-0.39, 0.29) is 108 Å². The lowest BCUT2D eigenvalue weighted by atomic mass is 9.38. The molecule has 0 unspecified atom stereocenters. The fourth-order valence-corrected chi connectivity index (χ4v) is 27.6. The quantitative estimate of drug-likeness (QED) is 0.0513. The first-order valence-electron chi connectivity index (χ1n) is 48.4. The number of hydrogen-bond donors (Lipinski definition) is 9. The van der Waals surface area contributed by atoms with Gasteiger partial charge in [-0.15, -0.1) is 0 Å². The largest absolute Gasteiger partial charge is 0.502 e. The number of ether oxygens (including phenoxy) is 10. The highest BCUT2D eigenvalue weighted by Crippen LogP contribution is 2.73. The Labute approximate surface area is 817 Å². The molecule has 0 bridgehead atoms. The first-order valence-corrected chi connectivity index (χ1v) is 48.4. The first-order chi connectivity index (χ1) is 65.8. The van der Waals surface area contributed by atoms with E-state index in [0.717, 1.165) is 11.3 Å². The summed E-state index contributed by atoms with van der Waals surface area (Å²) in [5.74, 6) is 4.03. The molecule has 0 amide bonds. The first kappa shape index (κ1) is 101. The second-order valence-electron chi connectivity index (χ2n) is 45.1. The molecule has 4 aromatic carbocycles. The molecule has 0 spiro atoms. The van der Waals surface area contributed by atoms with Crippen molar-refractivity contribution in [1.29, 1.82) is 0 Å². The number of aromatic hydroxyl groups is 1. The Bertz CT molecular complexity index is 6630. The third kappa shape index (κ3) is 14.2. The molecule has 0 saturated heterocycles. The van der Waals surface area contributed by atoms with E-state index in [1.165, 1.54) is 38.5 Å². The lowest BCUT2D eigenvalue weighted by Crippen LogP contribution is -2.81. The van der Waals surface area contributed by atoms with Crippen LogP contribution in [-0.2, 0) is 44.8 Å². The van der Waals surface area contributed by atoms with Gasteiger partial charge >= 0.3 is 22.5 Å². The molecule has 0 radical (unpaired) electrons. The van der Waals surface area contributed by atoms with Crippen LogP contribution in [-0.4, -0.2) is 174 Å². The highest BCUT2D eigenvalue weighted by Gasteiger charge is 2.81. The van der Waals surface area contributed by atoms with E-state index in [0.29, 0.717) is 139 Å². The van der Waals surface area contributed by atoms with Crippen molar-refractivity contribution in [3.05, 3.63) is 197 Å². The van der Waals surface area contributed by atoms with Crippen LogP contribution in [0.3, 0.4) is 0 Å². The van der Waals surface area contributed by atoms with Crippen molar-refractivity contribution < 1.29 is 125 Å². The number of rotatable bonds is 12. The number of phenolic OH excluding ortho intramolecular Hbond substituents is 1. The molecule has 30 nitrogen and oxygen atoms in total. The van der Waals surface area contributed by atoms with Crippen molar-refractivity contribution in [3.8, 4) is 103 Å². The average molecular weight is 1950 g/mol. The van der Waals surface area contributed by atoms with Gasteiger partial charge in [0, 0.05) is 110 Å². The predicted molar refractivity (Wildman–Crippen MR) is 518 cm³/mol. The van der Waals surface area contributed by atoms with E-state index in [1.807, 2.05) is 99.6 Å². The van der Waals surface area contributed by atoms with Crippen LogP contribution >= 0.6 is 0 Å². The molecule has 8 aromatic rings. The molecule has 4 aliphatic heterocycles. The van der Waals surface area contributed by atoms with Gasteiger partial charge in [-0.2, -0.15) is 0 Å². The molecule has 6 saturated carbocycles. The summed E-state index contributed by atoms with van der Waals surface area (Å²) < 4.78 is 79.7. The van der Waals surface area contributed by atoms with Gasteiger partial charge in [0.25, 0.3) is 6.47 Å². The van der Waals surface area contributed by atoms with Crippen molar-refractivity contribution >= 4 is 18.0 Å². The molecule has 9 N–H and O–H groups in total. The molecular formula is C111H132O30. The lowest BCUT2D eigenvalue weighted by molar-refractivity contribution is -0.337. The van der Waals surface area contributed by atoms with Crippen molar-refractivity contribution in [1.82, 2.24) is 0 Å². The van der Waals surface area contributed by atoms with Crippen LogP contribution in [0.1, 0.15) is 210 Å². The molecule has 756 valence electrons. The third-order valence-electron chi connectivity index (χ3n) is 37.8. The van der Waals surface area contributed by atoms with Gasteiger partial charge in [0.15, 0.2) is 23.1 Å². The Balaban J connectivity index is 0.000000130. The SMILES string of the molecule is COc1cc(-c2cc3c(c(=O)o2)C[C@]2(O)[C@@]4(C)C(=O)C=CC(C)(C)[C@]4(O)CC[C@@]2(C)O3)cc(OC)c1O.COc1ccc(-c2cc3c(c(=O)o2)C[C@H]2[C@@](C)(CC[C@@]4(O)C(C)(C)[C@@H](O)CC[C@]24C)O3)cc1.COc1ccc(-c2cc3c(c(=O)o2)C[C@]2(O)[C@@]4(C)C(=O)C=CC(C)(C)[C@]4(O)CC[C@@]2(C)O3)cc1.COc1ccc(-c2cc3c(c(=O)o2)C[C@]2(O)[C@@]4(C)CC[C@@H](COC=O)C(C)(C)[C@]4(O)CC[C@@]2(C)O3)cc1. The Kier molecular flexibility index (Phi) is 24.1. The molecule has 141 heavy (non-hydrogen) atoms. The minimum atomic E-state index is -1.90. The maximum Gasteiger partial charge on any atom is 0.343 e. The molecule has 8 aliphatic carbocycles. The number of carbonyl (C=O) groups excluding carboxylic acids is 3. The van der Waals surface area contributed by atoms with Gasteiger partial charge in [-0.25, -0.2) is 19.2 Å². The Morgan fingerprint density at radius 2 is 0.730 bits per heavy atom. The van der Waals surface area contributed by atoms with E-state index in [2.05, 4.69) is 13.8 Å². The number of carbonyl (C=O) groups is 3. The molecule has 8 heterocycles. The zero-order valence-electron chi connectivity index (χ0n) is 84.1. The van der Waals surface area contributed by atoms with Crippen molar-refractivity contribution in [3.63, 3.8) is 0 Å². The van der Waals surface area contributed by atoms with Crippen LogP contribution in [0.4, 0.5) is 0 Å². The number of phenols is 1. The van der Waals surface area contributed by atoms with Crippen LogP contribution in [0.5, 0.6) is 57.5 Å². The maximum atomic E-state index is 13.4. The molecule has 12 aliphatic rings. The highest BCUT2D eigenvalue weighted by molar-refractivity contribution is 5.99. The van der Waals surface area contributed by atoms with Gasteiger partial charge in [0.05, 0.1) is 104 Å². The molecule has 18 atom stereocenters. The monoisotopic (exact) mass is 1940 g/mol. The molecule has 20 rings (SSSR count). The van der Waals surface area contributed by atoms with Crippen molar-refractivity contribution in [2.24, 2.45) is 55.2 Å². The Morgan fingerprint density at radius 1 is 0.376 bits per heavy atom. The fourth-order valence-electron chi connectivity index (χ4n) is 27.6. The van der Waals surface area contributed by atoms with Gasteiger partial charge in [-0.3, -0.25) is 14.4 Å². The van der Waals surface area contributed by atoms with E-state index in [4.69, 9.17) is 65.0 Å². The summed E-state index contributed by atoms with van der Waals surface area (Å²) in [4.78, 5) is 90.4. The van der Waals surface area contributed by atoms with Crippen LogP contribution in [0, 0.1) is 55.2 Å². The summed E-state index contributed by atoms with van der Waals surface area (Å²) in [6.07, 6.45) is 11.2. The minimum absolute atomic E-state index is 0.00839.